The highest BCUT2D eigenvalue weighted by molar-refractivity contribution is 5.94. The molecule has 8 heteroatoms. The molecule has 0 spiro atoms. The van der Waals surface area contributed by atoms with E-state index in [1.807, 2.05) is 61.9 Å². The van der Waals surface area contributed by atoms with Crippen molar-refractivity contribution in [1.82, 2.24) is 35.1 Å². The fourth-order valence-corrected chi connectivity index (χ4v) is 3.53. The smallest absolute Gasteiger partial charge is 0.251 e. The maximum atomic E-state index is 13.0. The highest BCUT2D eigenvalue weighted by atomic mass is 16.1. The van der Waals surface area contributed by atoms with E-state index < -0.39 is 0 Å². The number of benzene rings is 2. The summed E-state index contributed by atoms with van der Waals surface area (Å²) in [6.07, 6.45) is 0. The monoisotopic (exact) mass is 417 g/mol. The number of carbonyl (C=O) groups is 1. The second-order valence-electron chi connectivity index (χ2n) is 8.32. The number of imidazole rings is 1. The van der Waals surface area contributed by atoms with Crippen molar-refractivity contribution in [2.45, 2.75) is 39.8 Å². The maximum absolute atomic E-state index is 13.0. The summed E-state index contributed by atoms with van der Waals surface area (Å²) in [4.78, 5) is 19.3. The Labute approximate surface area is 181 Å². The zero-order chi connectivity index (χ0) is 22.1. The van der Waals surface area contributed by atoms with Crippen molar-refractivity contribution in [3.05, 3.63) is 59.9 Å². The minimum Gasteiger partial charge on any atom is -0.342 e. The van der Waals surface area contributed by atoms with Gasteiger partial charge in [-0.3, -0.25) is 4.79 Å². The molecule has 1 atom stereocenters. The summed E-state index contributed by atoms with van der Waals surface area (Å²) in [5.74, 6) is 1.42. The summed E-state index contributed by atoms with van der Waals surface area (Å²) < 4.78 is 2.05. The average Bonchev–Trinajstić information content (AvgIpc) is 3.38. The van der Waals surface area contributed by atoms with Crippen molar-refractivity contribution in [3.8, 4) is 11.4 Å². The van der Waals surface area contributed by atoms with Crippen LogP contribution in [0, 0.1) is 5.92 Å². The van der Waals surface area contributed by atoms with Crippen LogP contribution < -0.4 is 5.32 Å². The van der Waals surface area contributed by atoms with Gasteiger partial charge >= 0.3 is 0 Å². The first kappa shape index (κ1) is 20.7. The number of hydrogen-bond donors (Lipinski definition) is 1. The van der Waals surface area contributed by atoms with E-state index in [1.54, 1.807) is 16.9 Å². The third-order valence-corrected chi connectivity index (χ3v) is 5.35. The molecule has 31 heavy (non-hydrogen) atoms. The second kappa shape index (κ2) is 8.29. The zero-order valence-electron chi connectivity index (χ0n) is 18.4. The van der Waals surface area contributed by atoms with E-state index >= 15 is 0 Å². The van der Waals surface area contributed by atoms with Gasteiger partial charge in [0.25, 0.3) is 5.91 Å². The summed E-state index contributed by atoms with van der Waals surface area (Å²) in [7, 11) is 1.98. The van der Waals surface area contributed by atoms with Crippen LogP contribution >= 0.6 is 0 Å². The van der Waals surface area contributed by atoms with Crippen LogP contribution in [0.25, 0.3) is 22.4 Å². The first-order valence-electron chi connectivity index (χ1n) is 10.5. The van der Waals surface area contributed by atoms with Crippen molar-refractivity contribution in [3.63, 3.8) is 0 Å². The molecule has 8 nitrogen and oxygen atoms in total. The lowest BCUT2D eigenvalue weighted by Gasteiger charge is -2.22. The number of aryl methyl sites for hydroxylation is 1. The van der Waals surface area contributed by atoms with Gasteiger partial charge in [-0.2, -0.15) is 4.80 Å². The molecule has 0 saturated heterocycles. The van der Waals surface area contributed by atoms with Crippen molar-refractivity contribution in [2.75, 3.05) is 0 Å². The summed E-state index contributed by atoms with van der Waals surface area (Å²) in [6, 6.07) is 15.2. The predicted molar refractivity (Wildman–Crippen MR) is 119 cm³/mol. The molecular weight excluding hydrogens is 390 g/mol. The van der Waals surface area contributed by atoms with E-state index in [9.17, 15) is 4.79 Å². The molecule has 4 rings (SSSR count). The SMILES string of the molecule is CC(C)[C@@H](NC(=O)c1ccc(-c2nnn(C(C)C)n2)cc1)c1nc2ccccc2n1C. The van der Waals surface area contributed by atoms with Gasteiger partial charge in [0, 0.05) is 18.2 Å². The summed E-state index contributed by atoms with van der Waals surface area (Å²) >= 11 is 0. The van der Waals surface area contributed by atoms with E-state index in [-0.39, 0.29) is 23.9 Å². The number of carbonyl (C=O) groups excluding carboxylic acids is 1. The van der Waals surface area contributed by atoms with Crippen molar-refractivity contribution in [2.24, 2.45) is 13.0 Å². The molecule has 0 aliphatic rings. The molecule has 0 fully saturated rings. The number of rotatable bonds is 6. The van der Waals surface area contributed by atoms with Crippen LogP contribution in [0.3, 0.4) is 0 Å². The number of nitrogens with zero attached hydrogens (tertiary/aromatic N) is 6. The number of para-hydroxylation sites is 2. The summed E-state index contributed by atoms with van der Waals surface area (Å²) in [5, 5.41) is 15.7. The topological polar surface area (TPSA) is 90.5 Å². The summed E-state index contributed by atoms with van der Waals surface area (Å²) in [6.45, 7) is 8.15. The maximum Gasteiger partial charge on any atom is 0.251 e. The molecule has 160 valence electrons. The molecule has 0 saturated carbocycles. The van der Waals surface area contributed by atoms with Gasteiger partial charge in [-0.05, 0) is 49.2 Å². The number of nitrogens with one attached hydrogen (secondary N) is 1. The molecular formula is C23H27N7O. The quantitative estimate of drug-likeness (QED) is 0.513. The number of amides is 1. The van der Waals surface area contributed by atoms with E-state index in [4.69, 9.17) is 4.98 Å². The zero-order valence-corrected chi connectivity index (χ0v) is 18.4. The Morgan fingerprint density at radius 2 is 1.71 bits per heavy atom. The van der Waals surface area contributed by atoms with E-state index in [0.29, 0.717) is 11.4 Å². The molecule has 1 amide bonds. The molecule has 0 aliphatic heterocycles. The van der Waals surface area contributed by atoms with Gasteiger partial charge in [-0.15, -0.1) is 10.2 Å². The lowest BCUT2D eigenvalue weighted by atomic mass is 10.0. The molecule has 0 bridgehead atoms. The van der Waals surface area contributed by atoms with Crippen LogP contribution in [0.15, 0.2) is 48.5 Å². The van der Waals surface area contributed by atoms with Crippen molar-refractivity contribution in [1.29, 1.82) is 0 Å². The van der Waals surface area contributed by atoms with Crippen molar-refractivity contribution >= 4 is 16.9 Å². The van der Waals surface area contributed by atoms with Gasteiger partial charge in [0.05, 0.1) is 23.1 Å². The molecule has 0 radical (unpaired) electrons. The molecule has 2 heterocycles. The van der Waals surface area contributed by atoms with Crippen LogP contribution in [-0.4, -0.2) is 35.7 Å². The Morgan fingerprint density at radius 3 is 2.32 bits per heavy atom. The normalized spacial score (nSPS) is 12.6. The summed E-state index contributed by atoms with van der Waals surface area (Å²) in [5.41, 5.74) is 3.36. The first-order valence-corrected chi connectivity index (χ1v) is 10.5. The van der Waals surface area contributed by atoms with Gasteiger partial charge in [-0.25, -0.2) is 4.98 Å². The third-order valence-electron chi connectivity index (χ3n) is 5.35. The number of hydrogen-bond acceptors (Lipinski definition) is 5. The van der Waals surface area contributed by atoms with E-state index in [0.717, 1.165) is 22.4 Å². The van der Waals surface area contributed by atoms with E-state index in [2.05, 4.69) is 34.6 Å². The fraction of sp³-hybridized carbons (Fsp3) is 0.348. The number of tetrazole rings is 1. The highest BCUT2D eigenvalue weighted by Gasteiger charge is 2.24. The lowest BCUT2D eigenvalue weighted by Crippen LogP contribution is -2.33. The van der Waals surface area contributed by atoms with Crippen LogP contribution in [0.1, 0.15) is 56.0 Å². The van der Waals surface area contributed by atoms with Crippen molar-refractivity contribution < 1.29 is 4.79 Å². The molecule has 0 unspecified atom stereocenters. The average molecular weight is 418 g/mol. The van der Waals surface area contributed by atoms with Gasteiger partial charge in [-0.1, -0.05) is 38.1 Å². The highest BCUT2D eigenvalue weighted by Crippen LogP contribution is 2.25. The molecule has 0 aliphatic carbocycles. The van der Waals surface area contributed by atoms with Gasteiger partial charge < -0.3 is 9.88 Å². The van der Waals surface area contributed by atoms with Gasteiger partial charge in [0.15, 0.2) is 0 Å². The largest absolute Gasteiger partial charge is 0.342 e. The Kier molecular flexibility index (Phi) is 5.54. The molecule has 1 N–H and O–H groups in total. The van der Waals surface area contributed by atoms with Crippen LogP contribution in [-0.2, 0) is 7.05 Å². The van der Waals surface area contributed by atoms with Gasteiger partial charge in [0.2, 0.25) is 5.82 Å². The Balaban J connectivity index is 1.55. The standard InChI is InChI=1S/C23H27N7O/c1-14(2)20(22-24-18-8-6-7-9-19(18)29(22)5)25-23(31)17-12-10-16(11-13-17)21-26-28-30(27-21)15(3)4/h6-15,20H,1-5H3,(H,25,31)/t20-/m1/s1. The minimum absolute atomic E-state index is 0.141. The molecule has 2 aromatic heterocycles. The Hall–Kier alpha value is -3.55. The Bertz CT molecular complexity index is 1200. The first-order chi connectivity index (χ1) is 14.8. The van der Waals surface area contributed by atoms with E-state index in [1.165, 1.54) is 0 Å². The van der Waals surface area contributed by atoms with Crippen LogP contribution in [0.4, 0.5) is 0 Å². The van der Waals surface area contributed by atoms with Crippen LogP contribution in [0.5, 0.6) is 0 Å². The lowest BCUT2D eigenvalue weighted by molar-refractivity contribution is 0.0922. The molecule has 2 aromatic carbocycles. The van der Waals surface area contributed by atoms with Crippen LogP contribution in [0.2, 0.25) is 0 Å². The van der Waals surface area contributed by atoms with Gasteiger partial charge in [0.1, 0.15) is 5.82 Å². The number of fused-ring (bicyclic) bond motifs is 1. The second-order valence-corrected chi connectivity index (χ2v) is 8.32. The minimum atomic E-state index is -0.211. The fourth-order valence-electron chi connectivity index (χ4n) is 3.53. The molecule has 4 aromatic rings. The Morgan fingerprint density at radius 1 is 1.00 bits per heavy atom. The third kappa shape index (κ3) is 4.05. The predicted octanol–water partition coefficient (Wildman–Crippen LogP) is 3.93. The number of aromatic nitrogens is 6.